The molecule has 21 heavy (non-hydrogen) atoms. The first-order chi connectivity index (χ1) is 10.1. The molecule has 0 unspecified atom stereocenters. The zero-order valence-corrected chi connectivity index (χ0v) is 12.8. The molecule has 2 aromatic heterocycles. The zero-order chi connectivity index (χ0) is 14.9. The molecule has 0 aromatic carbocycles. The van der Waals surface area contributed by atoms with E-state index in [2.05, 4.69) is 36.4 Å². The second-order valence-electron chi connectivity index (χ2n) is 5.31. The average Bonchev–Trinajstić information content (AvgIpc) is 3.10. The second-order valence-corrected chi connectivity index (χ2v) is 6.23. The summed E-state index contributed by atoms with van der Waals surface area (Å²) in [5, 5.41) is 21.2. The van der Waals surface area contributed by atoms with Crippen LogP contribution in [0.15, 0.2) is 22.8 Å². The van der Waals surface area contributed by atoms with E-state index in [1.54, 1.807) is 16.9 Å². The first kappa shape index (κ1) is 14.1. The van der Waals surface area contributed by atoms with Gasteiger partial charge in [-0.3, -0.25) is 9.78 Å². The number of carboxylic acids is 1. The van der Waals surface area contributed by atoms with Crippen molar-refractivity contribution in [2.45, 2.75) is 32.2 Å². The van der Waals surface area contributed by atoms with Crippen molar-refractivity contribution in [1.29, 1.82) is 0 Å². The van der Waals surface area contributed by atoms with Crippen LogP contribution in [0.2, 0.25) is 0 Å². The SMILES string of the molecule is O=C(O)C1(Cn2nnnc2-c2ccc(Br)cn2)CCCC1. The molecule has 0 amide bonds. The molecule has 0 radical (unpaired) electrons. The molecule has 2 heterocycles. The summed E-state index contributed by atoms with van der Waals surface area (Å²) >= 11 is 3.33. The van der Waals surface area contributed by atoms with Crippen molar-refractivity contribution in [2.75, 3.05) is 0 Å². The highest BCUT2D eigenvalue weighted by molar-refractivity contribution is 9.10. The number of carbonyl (C=O) groups is 1. The highest BCUT2D eigenvalue weighted by Crippen LogP contribution is 2.40. The molecule has 0 bridgehead atoms. The van der Waals surface area contributed by atoms with Crippen molar-refractivity contribution >= 4 is 21.9 Å². The lowest BCUT2D eigenvalue weighted by atomic mass is 9.86. The second kappa shape index (κ2) is 5.51. The van der Waals surface area contributed by atoms with E-state index in [1.165, 1.54) is 0 Å². The third kappa shape index (κ3) is 2.67. The maximum Gasteiger partial charge on any atom is 0.311 e. The number of tetrazole rings is 1. The predicted molar refractivity (Wildman–Crippen MR) is 77.3 cm³/mol. The van der Waals surface area contributed by atoms with Gasteiger partial charge >= 0.3 is 5.97 Å². The monoisotopic (exact) mass is 351 g/mol. The molecular weight excluding hydrogens is 338 g/mol. The van der Waals surface area contributed by atoms with Gasteiger partial charge in [0.15, 0.2) is 0 Å². The molecule has 2 aromatic rings. The Bertz CT molecular complexity index is 649. The Labute approximate surface area is 129 Å². The molecule has 1 aliphatic carbocycles. The summed E-state index contributed by atoms with van der Waals surface area (Å²) in [4.78, 5) is 15.9. The van der Waals surface area contributed by atoms with E-state index in [4.69, 9.17) is 0 Å². The number of nitrogens with zero attached hydrogens (tertiary/aromatic N) is 5. The average molecular weight is 352 g/mol. The van der Waals surface area contributed by atoms with Gasteiger partial charge in [-0.1, -0.05) is 12.8 Å². The molecule has 0 saturated heterocycles. The fourth-order valence-corrected chi connectivity index (χ4v) is 3.02. The van der Waals surface area contributed by atoms with Crippen LogP contribution in [0.25, 0.3) is 11.5 Å². The molecule has 1 N–H and O–H groups in total. The molecule has 0 atom stereocenters. The lowest BCUT2D eigenvalue weighted by Gasteiger charge is -2.23. The molecule has 1 saturated carbocycles. The van der Waals surface area contributed by atoms with Gasteiger partial charge < -0.3 is 5.11 Å². The van der Waals surface area contributed by atoms with Crippen LogP contribution in [0.1, 0.15) is 25.7 Å². The first-order valence-corrected chi connectivity index (χ1v) is 7.51. The minimum Gasteiger partial charge on any atom is -0.481 e. The van der Waals surface area contributed by atoms with E-state index >= 15 is 0 Å². The van der Waals surface area contributed by atoms with Crippen LogP contribution in [0.3, 0.4) is 0 Å². The van der Waals surface area contributed by atoms with Gasteiger partial charge in [0.25, 0.3) is 0 Å². The van der Waals surface area contributed by atoms with Gasteiger partial charge in [0.1, 0.15) is 5.69 Å². The van der Waals surface area contributed by atoms with E-state index < -0.39 is 11.4 Å². The molecule has 8 heteroatoms. The third-order valence-electron chi connectivity index (χ3n) is 3.96. The van der Waals surface area contributed by atoms with E-state index in [0.717, 1.165) is 17.3 Å². The molecule has 110 valence electrons. The van der Waals surface area contributed by atoms with Crippen LogP contribution in [0.4, 0.5) is 0 Å². The smallest absolute Gasteiger partial charge is 0.311 e. The molecule has 1 fully saturated rings. The summed E-state index contributed by atoms with van der Waals surface area (Å²) in [5.74, 6) is -0.278. The van der Waals surface area contributed by atoms with E-state index in [0.29, 0.717) is 24.4 Å². The predicted octanol–water partition coefficient (Wildman–Crippen LogP) is 2.14. The summed E-state index contributed by atoms with van der Waals surface area (Å²) in [6.07, 6.45) is 4.85. The number of aromatic nitrogens is 5. The first-order valence-electron chi connectivity index (χ1n) is 6.72. The lowest BCUT2D eigenvalue weighted by Crippen LogP contribution is -2.33. The molecule has 1 aliphatic rings. The molecule has 0 aliphatic heterocycles. The van der Waals surface area contributed by atoms with E-state index in [9.17, 15) is 9.90 Å². The Morgan fingerprint density at radius 3 is 2.76 bits per heavy atom. The number of carboxylic acid groups (broad SMARTS) is 1. The molecule has 7 nitrogen and oxygen atoms in total. The fourth-order valence-electron chi connectivity index (χ4n) is 2.78. The minimum atomic E-state index is -0.773. The number of rotatable bonds is 4. The largest absolute Gasteiger partial charge is 0.481 e. The molecule has 3 rings (SSSR count). The summed E-state index contributed by atoms with van der Waals surface area (Å²) in [7, 11) is 0. The van der Waals surface area contributed by atoms with Crippen molar-refractivity contribution in [2.24, 2.45) is 5.41 Å². The summed E-state index contributed by atoms with van der Waals surface area (Å²) in [6, 6.07) is 3.65. The third-order valence-corrected chi connectivity index (χ3v) is 4.42. The highest BCUT2D eigenvalue weighted by Gasteiger charge is 2.42. The Hall–Kier alpha value is -1.83. The Morgan fingerprint density at radius 2 is 2.14 bits per heavy atom. The van der Waals surface area contributed by atoms with Crippen LogP contribution in [0, 0.1) is 5.41 Å². The standard InChI is InChI=1S/C13H14BrN5O2/c14-9-3-4-10(15-7-9)11-16-17-18-19(11)8-13(12(20)21)5-1-2-6-13/h3-4,7H,1-2,5-6,8H2,(H,20,21). The van der Waals surface area contributed by atoms with Crippen molar-refractivity contribution in [3.8, 4) is 11.5 Å². The maximum absolute atomic E-state index is 11.6. The number of pyridine rings is 1. The summed E-state index contributed by atoms with van der Waals surface area (Å²) < 4.78 is 2.42. The number of hydrogen-bond acceptors (Lipinski definition) is 5. The molecular formula is C13H14BrN5O2. The van der Waals surface area contributed by atoms with Gasteiger partial charge in [0.2, 0.25) is 5.82 Å². The van der Waals surface area contributed by atoms with E-state index in [1.807, 2.05) is 6.07 Å². The number of halogens is 1. The Morgan fingerprint density at radius 1 is 1.38 bits per heavy atom. The Balaban J connectivity index is 1.92. The van der Waals surface area contributed by atoms with Gasteiger partial charge in [0.05, 0.1) is 12.0 Å². The van der Waals surface area contributed by atoms with Gasteiger partial charge in [-0.25, -0.2) is 4.68 Å². The van der Waals surface area contributed by atoms with Gasteiger partial charge in [-0.05, 0) is 51.3 Å². The quantitative estimate of drug-likeness (QED) is 0.906. The summed E-state index contributed by atoms with van der Waals surface area (Å²) in [5.41, 5.74) is -0.138. The number of hydrogen-bond donors (Lipinski definition) is 1. The van der Waals surface area contributed by atoms with Crippen LogP contribution in [-0.2, 0) is 11.3 Å². The van der Waals surface area contributed by atoms with Crippen LogP contribution in [0.5, 0.6) is 0 Å². The topological polar surface area (TPSA) is 93.8 Å². The van der Waals surface area contributed by atoms with Crippen molar-refractivity contribution in [1.82, 2.24) is 25.2 Å². The highest BCUT2D eigenvalue weighted by atomic mass is 79.9. The lowest BCUT2D eigenvalue weighted by molar-refractivity contribution is -0.149. The van der Waals surface area contributed by atoms with Gasteiger partial charge in [0, 0.05) is 10.7 Å². The number of aliphatic carboxylic acids is 1. The van der Waals surface area contributed by atoms with Crippen molar-refractivity contribution < 1.29 is 9.90 Å². The van der Waals surface area contributed by atoms with Crippen LogP contribution in [-0.4, -0.2) is 36.3 Å². The fraction of sp³-hybridized carbons (Fsp3) is 0.462. The maximum atomic E-state index is 11.6. The van der Waals surface area contributed by atoms with Crippen LogP contribution < -0.4 is 0 Å². The van der Waals surface area contributed by atoms with Crippen LogP contribution >= 0.6 is 15.9 Å². The minimum absolute atomic E-state index is 0.280. The van der Waals surface area contributed by atoms with Crippen molar-refractivity contribution in [3.05, 3.63) is 22.8 Å². The normalized spacial score (nSPS) is 17.0. The zero-order valence-electron chi connectivity index (χ0n) is 11.2. The molecule has 0 spiro atoms. The summed E-state index contributed by atoms with van der Waals surface area (Å²) in [6.45, 7) is 0.280. The Kier molecular flexibility index (Phi) is 3.71. The van der Waals surface area contributed by atoms with Gasteiger partial charge in [-0.2, -0.15) is 0 Å². The van der Waals surface area contributed by atoms with E-state index in [-0.39, 0.29) is 6.54 Å². The van der Waals surface area contributed by atoms with Gasteiger partial charge in [-0.15, -0.1) is 5.10 Å². The van der Waals surface area contributed by atoms with Crippen molar-refractivity contribution in [3.63, 3.8) is 0 Å².